The lowest BCUT2D eigenvalue weighted by Crippen LogP contribution is -2.44. The number of likely N-dealkylation sites (tertiary alicyclic amines) is 1. The zero-order valence-electron chi connectivity index (χ0n) is 17.8. The van der Waals surface area contributed by atoms with E-state index in [1.54, 1.807) is 35.2 Å². The van der Waals surface area contributed by atoms with Crippen LogP contribution in [0.15, 0.2) is 55.0 Å². The number of benzene rings is 1. The van der Waals surface area contributed by atoms with Crippen LogP contribution in [0.5, 0.6) is 0 Å². The van der Waals surface area contributed by atoms with Crippen LogP contribution in [-0.4, -0.2) is 50.8 Å². The number of nitrogens with one attached hydrogen (secondary N) is 1. The first-order chi connectivity index (χ1) is 15.4. The highest BCUT2D eigenvalue weighted by Gasteiger charge is 2.31. The summed E-state index contributed by atoms with van der Waals surface area (Å²) < 4.78 is 42.7. The number of carbonyl (C=O) groups is 1. The van der Waals surface area contributed by atoms with E-state index in [9.17, 15) is 18.0 Å². The Morgan fingerprint density at radius 1 is 1.16 bits per heavy atom. The van der Waals surface area contributed by atoms with Crippen LogP contribution in [-0.2, 0) is 6.18 Å². The van der Waals surface area contributed by atoms with E-state index in [1.807, 2.05) is 0 Å². The fraction of sp³-hybridized carbons (Fsp3) is 0.391. The van der Waals surface area contributed by atoms with Crippen molar-refractivity contribution in [2.45, 2.75) is 38.4 Å². The van der Waals surface area contributed by atoms with Gasteiger partial charge in [0.15, 0.2) is 5.82 Å². The molecule has 1 aromatic carbocycles. The lowest BCUT2D eigenvalue weighted by Gasteiger charge is -2.32. The van der Waals surface area contributed by atoms with Crippen molar-refractivity contribution in [2.75, 3.05) is 19.6 Å². The van der Waals surface area contributed by atoms with Gasteiger partial charge in [0.2, 0.25) is 0 Å². The number of nitrogens with zero attached hydrogens (tertiary/aromatic N) is 4. The largest absolute Gasteiger partial charge is 0.416 e. The van der Waals surface area contributed by atoms with Crippen molar-refractivity contribution in [1.29, 1.82) is 0 Å². The summed E-state index contributed by atoms with van der Waals surface area (Å²) in [4.78, 5) is 15.5. The van der Waals surface area contributed by atoms with Crippen LogP contribution in [0.2, 0.25) is 0 Å². The molecule has 1 aliphatic rings. The molecular weight excluding hydrogens is 419 g/mol. The number of alkyl halides is 3. The predicted octanol–water partition coefficient (Wildman–Crippen LogP) is 4.29. The van der Waals surface area contributed by atoms with Gasteiger partial charge in [-0.25, -0.2) is 4.68 Å². The molecule has 0 radical (unpaired) electrons. The number of hydrogen-bond donors (Lipinski definition) is 1. The normalized spacial score (nSPS) is 15.8. The molecule has 0 spiro atoms. The van der Waals surface area contributed by atoms with Crippen LogP contribution in [0, 0.1) is 0 Å². The lowest BCUT2D eigenvalue weighted by atomic mass is 10.0. The van der Waals surface area contributed by atoms with Gasteiger partial charge in [-0.2, -0.15) is 18.3 Å². The molecule has 4 rings (SSSR count). The number of piperidine rings is 1. The fourth-order valence-electron chi connectivity index (χ4n) is 4.11. The molecule has 0 saturated carbocycles. The van der Waals surface area contributed by atoms with Crippen LogP contribution in [0.1, 0.15) is 42.1 Å². The molecule has 0 unspecified atom stereocenters. The van der Waals surface area contributed by atoms with Crippen molar-refractivity contribution in [3.05, 3.63) is 66.1 Å². The summed E-state index contributed by atoms with van der Waals surface area (Å²) in [5.41, 5.74) is -0.223. The van der Waals surface area contributed by atoms with E-state index in [0.29, 0.717) is 11.4 Å². The highest BCUT2D eigenvalue weighted by atomic mass is 19.4. The molecule has 1 amide bonds. The van der Waals surface area contributed by atoms with Crippen LogP contribution >= 0.6 is 0 Å². The topological polar surface area (TPSA) is 55.1 Å². The Labute approximate surface area is 184 Å². The minimum absolute atomic E-state index is 0.0602. The SMILES string of the molecule is CCCN1CCC(NC(=O)c2cnn(-c3cccc(C(F)(F)F)c3)c2-n2cccc2)CC1. The van der Waals surface area contributed by atoms with Gasteiger partial charge in [0.05, 0.1) is 17.4 Å². The van der Waals surface area contributed by atoms with Crippen LogP contribution in [0.25, 0.3) is 11.5 Å². The lowest BCUT2D eigenvalue weighted by molar-refractivity contribution is -0.137. The molecule has 3 heterocycles. The summed E-state index contributed by atoms with van der Waals surface area (Å²) in [5.74, 6) is 0.121. The predicted molar refractivity (Wildman–Crippen MR) is 115 cm³/mol. The average molecular weight is 445 g/mol. The number of halogens is 3. The smallest absolute Gasteiger partial charge is 0.349 e. The highest BCUT2D eigenvalue weighted by Crippen LogP contribution is 2.31. The first-order valence-electron chi connectivity index (χ1n) is 10.8. The molecule has 1 aliphatic heterocycles. The van der Waals surface area contributed by atoms with E-state index < -0.39 is 11.7 Å². The molecule has 32 heavy (non-hydrogen) atoms. The Morgan fingerprint density at radius 2 is 1.88 bits per heavy atom. The number of aromatic nitrogens is 3. The van der Waals surface area contributed by atoms with E-state index >= 15 is 0 Å². The second-order valence-electron chi connectivity index (χ2n) is 8.02. The quantitative estimate of drug-likeness (QED) is 0.616. The van der Waals surface area contributed by atoms with Gasteiger partial charge in [0, 0.05) is 31.5 Å². The second-order valence-corrected chi connectivity index (χ2v) is 8.02. The second kappa shape index (κ2) is 9.20. The highest BCUT2D eigenvalue weighted by molar-refractivity contribution is 5.97. The average Bonchev–Trinajstić information content (AvgIpc) is 3.44. The molecule has 1 fully saturated rings. The number of amides is 1. The zero-order chi connectivity index (χ0) is 22.7. The van der Waals surface area contributed by atoms with E-state index in [1.165, 1.54) is 16.9 Å². The summed E-state index contributed by atoms with van der Waals surface area (Å²) in [5, 5.41) is 7.36. The Hall–Kier alpha value is -3.07. The van der Waals surface area contributed by atoms with Crippen molar-refractivity contribution in [3.8, 4) is 11.5 Å². The summed E-state index contributed by atoms with van der Waals surface area (Å²) in [6.07, 6.45) is 3.26. The summed E-state index contributed by atoms with van der Waals surface area (Å²) in [6.45, 7) is 5.08. The minimum Gasteiger partial charge on any atom is -0.349 e. The fourth-order valence-corrected chi connectivity index (χ4v) is 4.11. The maximum Gasteiger partial charge on any atom is 0.416 e. The molecule has 6 nitrogen and oxygen atoms in total. The maximum atomic E-state index is 13.2. The summed E-state index contributed by atoms with van der Waals surface area (Å²) in [7, 11) is 0. The van der Waals surface area contributed by atoms with Gasteiger partial charge in [-0.1, -0.05) is 13.0 Å². The van der Waals surface area contributed by atoms with Gasteiger partial charge in [0.25, 0.3) is 5.91 Å². The Kier molecular flexibility index (Phi) is 6.36. The molecule has 170 valence electrons. The molecule has 0 aliphatic carbocycles. The van der Waals surface area contributed by atoms with Gasteiger partial charge in [-0.15, -0.1) is 0 Å². The van der Waals surface area contributed by atoms with Crippen molar-refractivity contribution >= 4 is 5.91 Å². The van der Waals surface area contributed by atoms with Crippen molar-refractivity contribution < 1.29 is 18.0 Å². The monoisotopic (exact) mass is 445 g/mol. The van der Waals surface area contributed by atoms with E-state index in [2.05, 4.69) is 22.2 Å². The summed E-state index contributed by atoms with van der Waals surface area (Å²) in [6, 6.07) is 8.56. The first kappa shape index (κ1) is 22.1. The standard InChI is InChI=1S/C23H26F3N5O/c1-2-10-29-13-8-18(9-14-29)28-21(32)20-16-27-31(22(20)30-11-3-4-12-30)19-7-5-6-17(15-19)23(24,25)26/h3-7,11-12,15-16,18H,2,8-10,13-14H2,1H3,(H,28,32). The van der Waals surface area contributed by atoms with Crippen molar-refractivity contribution in [1.82, 2.24) is 24.6 Å². The number of carbonyl (C=O) groups excluding carboxylic acids is 1. The van der Waals surface area contributed by atoms with Crippen molar-refractivity contribution in [3.63, 3.8) is 0 Å². The molecule has 2 aromatic heterocycles. The third-order valence-corrected chi connectivity index (χ3v) is 5.72. The van der Waals surface area contributed by atoms with Crippen LogP contribution in [0.3, 0.4) is 0 Å². The Bertz CT molecular complexity index is 1050. The van der Waals surface area contributed by atoms with Crippen molar-refractivity contribution in [2.24, 2.45) is 0 Å². The third kappa shape index (κ3) is 4.72. The minimum atomic E-state index is -4.47. The first-order valence-corrected chi connectivity index (χ1v) is 10.8. The van der Waals surface area contributed by atoms with Gasteiger partial charge < -0.3 is 14.8 Å². The van der Waals surface area contributed by atoms with Gasteiger partial charge in [-0.05, 0) is 56.1 Å². The molecule has 3 aromatic rings. The summed E-state index contributed by atoms with van der Waals surface area (Å²) >= 11 is 0. The zero-order valence-corrected chi connectivity index (χ0v) is 17.8. The number of rotatable bonds is 6. The molecule has 9 heteroatoms. The maximum absolute atomic E-state index is 13.2. The molecule has 0 bridgehead atoms. The van der Waals surface area contributed by atoms with Gasteiger partial charge in [-0.3, -0.25) is 4.79 Å². The molecular formula is C23H26F3N5O. The molecule has 1 saturated heterocycles. The van der Waals surface area contributed by atoms with Crippen LogP contribution in [0.4, 0.5) is 13.2 Å². The van der Waals surface area contributed by atoms with Gasteiger partial charge >= 0.3 is 6.18 Å². The van der Waals surface area contributed by atoms with E-state index in [0.717, 1.165) is 51.0 Å². The Morgan fingerprint density at radius 3 is 2.53 bits per heavy atom. The molecule has 1 N–H and O–H groups in total. The van der Waals surface area contributed by atoms with Crippen LogP contribution < -0.4 is 5.32 Å². The Balaban J connectivity index is 1.62. The molecule has 0 atom stereocenters. The third-order valence-electron chi connectivity index (χ3n) is 5.72. The van der Waals surface area contributed by atoms with E-state index in [4.69, 9.17) is 0 Å². The van der Waals surface area contributed by atoms with E-state index in [-0.39, 0.29) is 17.6 Å². The number of hydrogen-bond acceptors (Lipinski definition) is 3. The van der Waals surface area contributed by atoms with Gasteiger partial charge in [0.1, 0.15) is 5.56 Å².